The van der Waals surface area contributed by atoms with Crippen molar-refractivity contribution >= 4 is 11.9 Å². The molecule has 0 unspecified atom stereocenters. The molecule has 7 nitrogen and oxygen atoms in total. The Morgan fingerprint density at radius 3 is 2.56 bits per heavy atom. The molecule has 1 rings (SSSR count). The summed E-state index contributed by atoms with van der Waals surface area (Å²) >= 11 is 0. The lowest BCUT2D eigenvalue weighted by Gasteiger charge is -2.09. The molecule has 1 aromatic heterocycles. The molecule has 0 aromatic carbocycles. The Kier molecular flexibility index (Phi) is 4.59. The lowest BCUT2D eigenvalue weighted by atomic mass is 10.2. The zero-order valence-electron chi connectivity index (χ0n) is 10.4. The standard InChI is InChI=1S/C11H14N2O5/c1-7(14)13-6-9(4-5-18-8(2)15)10(17-3)12-11(13)16/h6H,4-5H2,1-3H3. The van der Waals surface area contributed by atoms with Crippen LogP contribution >= 0.6 is 0 Å². The van der Waals surface area contributed by atoms with Gasteiger partial charge in [0.15, 0.2) is 0 Å². The third kappa shape index (κ3) is 3.41. The fourth-order valence-corrected chi connectivity index (χ4v) is 1.36. The third-order valence-electron chi connectivity index (χ3n) is 2.17. The van der Waals surface area contributed by atoms with Crippen LogP contribution in [-0.4, -0.2) is 35.1 Å². The molecule has 0 aliphatic heterocycles. The monoisotopic (exact) mass is 254 g/mol. The average molecular weight is 254 g/mol. The van der Waals surface area contributed by atoms with E-state index in [4.69, 9.17) is 9.47 Å². The van der Waals surface area contributed by atoms with Crippen LogP contribution in [0.1, 0.15) is 24.2 Å². The van der Waals surface area contributed by atoms with E-state index in [9.17, 15) is 14.4 Å². The van der Waals surface area contributed by atoms with Crippen LogP contribution in [0.4, 0.5) is 0 Å². The van der Waals surface area contributed by atoms with Crippen LogP contribution in [0.2, 0.25) is 0 Å². The van der Waals surface area contributed by atoms with Crippen molar-refractivity contribution in [3.8, 4) is 5.88 Å². The number of hydrogen-bond acceptors (Lipinski definition) is 6. The second-order valence-electron chi connectivity index (χ2n) is 3.54. The summed E-state index contributed by atoms with van der Waals surface area (Å²) in [6.45, 7) is 2.68. The average Bonchev–Trinajstić information content (AvgIpc) is 2.29. The molecular formula is C11H14N2O5. The van der Waals surface area contributed by atoms with Crippen LogP contribution in [0.3, 0.4) is 0 Å². The van der Waals surface area contributed by atoms with E-state index in [2.05, 4.69) is 4.98 Å². The van der Waals surface area contributed by atoms with Crippen LogP contribution in [0.25, 0.3) is 0 Å². The summed E-state index contributed by atoms with van der Waals surface area (Å²) in [4.78, 5) is 36.9. The van der Waals surface area contributed by atoms with Crippen LogP contribution in [0, 0.1) is 0 Å². The number of aromatic nitrogens is 2. The summed E-state index contributed by atoms with van der Waals surface area (Å²) in [6, 6.07) is 0. The van der Waals surface area contributed by atoms with Gasteiger partial charge in [-0.2, -0.15) is 4.98 Å². The maximum atomic E-state index is 11.4. The van der Waals surface area contributed by atoms with Crippen molar-refractivity contribution in [2.24, 2.45) is 0 Å². The summed E-state index contributed by atoms with van der Waals surface area (Å²) in [5, 5.41) is 0. The first-order valence-electron chi connectivity index (χ1n) is 5.26. The Morgan fingerprint density at radius 2 is 2.06 bits per heavy atom. The van der Waals surface area contributed by atoms with Crippen molar-refractivity contribution in [2.45, 2.75) is 20.3 Å². The highest BCUT2D eigenvalue weighted by atomic mass is 16.5. The van der Waals surface area contributed by atoms with E-state index in [1.165, 1.54) is 27.2 Å². The highest BCUT2D eigenvalue weighted by Crippen LogP contribution is 2.12. The minimum absolute atomic E-state index is 0.128. The van der Waals surface area contributed by atoms with Crippen molar-refractivity contribution in [1.29, 1.82) is 0 Å². The van der Waals surface area contributed by atoms with Gasteiger partial charge in [-0.3, -0.25) is 9.59 Å². The van der Waals surface area contributed by atoms with E-state index in [-0.39, 0.29) is 12.5 Å². The molecule has 1 heterocycles. The highest BCUT2D eigenvalue weighted by molar-refractivity contribution is 5.75. The molecule has 0 N–H and O–H groups in total. The molecule has 0 atom stereocenters. The number of rotatable bonds is 4. The Labute approximate surface area is 103 Å². The van der Waals surface area contributed by atoms with Gasteiger partial charge in [0.2, 0.25) is 11.8 Å². The molecule has 0 amide bonds. The lowest BCUT2D eigenvalue weighted by Crippen LogP contribution is -2.28. The summed E-state index contributed by atoms with van der Waals surface area (Å²) in [7, 11) is 1.37. The number of carbonyl (C=O) groups excluding carboxylic acids is 2. The van der Waals surface area contributed by atoms with Crippen LogP contribution in [-0.2, 0) is 16.0 Å². The summed E-state index contributed by atoms with van der Waals surface area (Å²) in [6.07, 6.45) is 1.66. The number of hydrogen-bond donors (Lipinski definition) is 0. The topological polar surface area (TPSA) is 87.5 Å². The van der Waals surface area contributed by atoms with E-state index in [1.807, 2.05) is 0 Å². The molecular weight excluding hydrogens is 240 g/mol. The first-order valence-corrected chi connectivity index (χ1v) is 5.26. The minimum atomic E-state index is -0.699. The Morgan fingerprint density at radius 1 is 1.39 bits per heavy atom. The summed E-state index contributed by atoms with van der Waals surface area (Å²) in [5.74, 6) is -0.713. The van der Waals surface area contributed by atoms with Crippen molar-refractivity contribution in [3.05, 3.63) is 22.2 Å². The van der Waals surface area contributed by atoms with Crippen molar-refractivity contribution < 1.29 is 19.1 Å². The van der Waals surface area contributed by atoms with Crippen LogP contribution in [0.15, 0.2) is 11.0 Å². The number of esters is 1. The number of nitrogens with zero attached hydrogens (tertiary/aromatic N) is 2. The van der Waals surface area contributed by atoms with Gasteiger partial charge in [-0.25, -0.2) is 9.36 Å². The van der Waals surface area contributed by atoms with E-state index in [1.54, 1.807) is 0 Å². The molecule has 98 valence electrons. The van der Waals surface area contributed by atoms with Gasteiger partial charge in [-0.05, 0) is 0 Å². The zero-order valence-corrected chi connectivity index (χ0v) is 10.4. The minimum Gasteiger partial charge on any atom is -0.481 e. The van der Waals surface area contributed by atoms with Crippen LogP contribution < -0.4 is 10.4 Å². The smallest absolute Gasteiger partial charge is 0.357 e. The first-order chi connectivity index (χ1) is 8.45. The van der Waals surface area contributed by atoms with Gasteiger partial charge in [0.1, 0.15) is 0 Å². The predicted octanol–water partition coefficient (Wildman–Crippen LogP) is 0.0176. The van der Waals surface area contributed by atoms with Gasteiger partial charge in [0, 0.05) is 32.0 Å². The maximum Gasteiger partial charge on any atom is 0.357 e. The van der Waals surface area contributed by atoms with Gasteiger partial charge < -0.3 is 9.47 Å². The molecule has 0 aliphatic rings. The fourth-order valence-electron chi connectivity index (χ4n) is 1.36. The van der Waals surface area contributed by atoms with E-state index in [0.29, 0.717) is 12.0 Å². The van der Waals surface area contributed by atoms with E-state index >= 15 is 0 Å². The van der Waals surface area contributed by atoms with E-state index in [0.717, 1.165) is 4.57 Å². The Bertz CT molecular complexity index is 521. The molecule has 7 heteroatoms. The fraction of sp³-hybridized carbons (Fsp3) is 0.455. The second-order valence-corrected chi connectivity index (χ2v) is 3.54. The molecule has 0 spiro atoms. The van der Waals surface area contributed by atoms with Crippen molar-refractivity contribution in [3.63, 3.8) is 0 Å². The molecule has 0 fully saturated rings. The molecule has 18 heavy (non-hydrogen) atoms. The van der Waals surface area contributed by atoms with Crippen molar-refractivity contribution in [1.82, 2.24) is 9.55 Å². The van der Waals surface area contributed by atoms with Crippen LogP contribution in [0.5, 0.6) is 5.88 Å². The van der Waals surface area contributed by atoms with Gasteiger partial charge >= 0.3 is 11.7 Å². The molecule has 0 aliphatic carbocycles. The quantitative estimate of drug-likeness (QED) is 0.704. The zero-order chi connectivity index (χ0) is 13.7. The molecule has 0 radical (unpaired) electrons. The molecule has 0 saturated heterocycles. The largest absolute Gasteiger partial charge is 0.481 e. The predicted molar refractivity (Wildman–Crippen MR) is 61.7 cm³/mol. The summed E-state index contributed by atoms with van der Waals surface area (Å²) in [5.41, 5.74) is -0.177. The van der Waals surface area contributed by atoms with Gasteiger partial charge in [0.05, 0.1) is 13.7 Å². The number of carbonyl (C=O) groups is 2. The van der Waals surface area contributed by atoms with Gasteiger partial charge in [-0.15, -0.1) is 0 Å². The Hall–Kier alpha value is -2.18. The molecule has 0 saturated carbocycles. The molecule has 1 aromatic rings. The normalized spacial score (nSPS) is 9.94. The number of ether oxygens (including phenoxy) is 2. The second kappa shape index (κ2) is 5.95. The SMILES string of the molecule is COc1nc(=O)n(C(C)=O)cc1CCOC(C)=O. The number of methoxy groups -OCH3 is 1. The van der Waals surface area contributed by atoms with Crippen molar-refractivity contribution in [2.75, 3.05) is 13.7 Å². The van der Waals surface area contributed by atoms with Gasteiger partial charge in [0.25, 0.3) is 0 Å². The first kappa shape index (κ1) is 13.9. The summed E-state index contributed by atoms with van der Waals surface area (Å²) < 4.78 is 10.6. The Balaban J connectivity index is 3.00. The third-order valence-corrected chi connectivity index (χ3v) is 2.17. The molecule has 0 bridgehead atoms. The lowest BCUT2D eigenvalue weighted by molar-refractivity contribution is -0.140. The van der Waals surface area contributed by atoms with Gasteiger partial charge in [-0.1, -0.05) is 0 Å². The highest BCUT2D eigenvalue weighted by Gasteiger charge is 2.11. The maximum absolute atomic E-state index is 11.4. The van der Waals surface area contributed by atoms with E-state index < -0.39 is 17.6 Å².